The van der Waals surface area contributed by atoms with Crippen molar-refractivity contribution in [3.05, 3.63) is 65.0 Å². The van der Waals surface area contributed by atoms with Crippen LogP contribution < -0.4 is 11.1 Å². The minimum atomic E-state index is -1.26. The van der Waals surface area contributed by atoms with E-state index in [1.165, 1.54) is 0 Å². The molecule has 3 atom stereocenters. The van der Waals surface area contributed by atoms with Gasteiger partial charge in [0.2, 0.25) is 5.91 Å². The molecule has 2 fully saturated rings. The molecule has 0 spiro atoms. The summed E-state index contributed by atoms with van der Waals surface area (Å²) in [5.74, 6) is -3.49. The van der Waals surface area contributed by atoms with Crippen molar-refractivity contribution >= 4 is 17.6 Å². The van der Waals surface area contributed by atoms with Crippen LogP contribution in [-0.4, -0.2) is 53.0 Å². The summed E-state index contributed by atoms with van der Waals surface area (Å²) in [7, 11) is 0. The van der Waals surface area contributed by atoms with Crippen LogP contribution in [0, 0.1) is 24.4 Å². The Morgan fingerprint density at radius 1 is 1.03 bits per heavy atom. The van der Waals surface area contributed by atoms with Crippen molar-refractivity contribution < 1.29 is 22.8 Å². The first-order chi connectivity index (χ1) is 15.2. The molecule has 170 valence electrons. The zero-order valence-corrected chi connectivity index (χ0v) is 17.7. The van der Waals surface area contributed by atoms with Crippen molar-refractivity contribution in [1.29, 1.82) is 0 Å². The fraction of sp³-hybridized carbons (Fsp3) is 0.391. The predicted molar refractivity (Wildman–Crippen MR) is 113 cm³/mol. The number of amides is 3. The highest BCUT2D eigenvalue weighted by atomic mass is 19.2. The smallest absolute Gasteiger partial charge is 0.322 e. The maximum Gasteiger partial charge on any atom is 0.322 e. The number of nitrogens with one attached hydrogen (secondary N) is 1. The van der Waals surface area contributed by atoms with Gasteiger partial charge in [0.1, 0.15) is 5.82 Å². The molecule has 0 aromatic heterocycles. The lowest BCUT2D eigenvalue weighted by Gasteiger charge is -2.34. The molecule has 9 heteroatoms. The molecule has 32 heavy (non-hydrogen) atoms. The summed E-state index contributed by atoms with van der Waals surface area (Å²) in [5, 5.41) is 2.88. The Morgan fingerprint density at radius 2 is 1.66 bits per heavy atom. The molecule has 3 amide bonds. The summed E-state index contributed by atoms with van der Waals surface area (Å²) >= 11 is 0. The highest BCUT2D eigenvalue weighted by Gasteiger charge is 2.47. The minimum absolute atomic E-state index is 0.0444. The van der Waals surface area contributed by atoms with Crippen LogP contribution in [-0.2, 0) is 11.2 Å². The van der Waals surface area contributed by atoms with Crippen molar-refractivity contribution in [2.45, 2.75) is 44.3 Å². The largest absolute Gasteiger partial charge is 0.336 e. The average Bonchev–Trinajstić information content (AvgIpc) is 3.35. The van der Waals surface area contributed by atoms with E-state index in [1.807, 2.05) is 31.2 Å². The Bertz CT molecular complexity index is 1030. The summed E-state index contributed by atoms with van der Waals surface area (Å²) in [4.78, 5) is 28.8. The van der Waals surface area contributed by atoms with Gasteiger partial charge >= 0.3 is 6.03 Å². The summed E-state index contributed by atoms with van der Waals surface area (Å²) < 4.78 is 40.3. The molecule has 4 rings (SSSR count). The number of benzene rings is 2. The van der Waals surface area contributed by atoms with Crippen LogP contribution in [0.4, 0.5) is 23.7 Å². The van der Waals surface area contributed by atoms with E-state index in [9.17, 15) is 22.8 Å². The van der Waals surface area contributed by atoms with Crippen molar-refractivity contribution in [3.63, 3.8) is 0 Å². The first kappa shape index (κ1) is 22.1. The van der Waals surface area contributed by atoms with Gasteiger partial charge in [-0.1, -0.05) is 17.7 Å². The third kappa shape index (κ3) is 4.57. The number of anilines is 1. The van der Waals surface area contributed by atoms with Gasteiger partial charge in [-0.15, -0.1) is 0 Å². The number of piperazine rings is 1. The summed E-state index contributed by atoms with van der Waals surface area (Å²) in [6.45, 7) is 2.81. The van der Waals surface area contributed by atoms with Gasteiger partial charge in [0.25, 0.3) is 0 Å². The van der Waals surface area contributed by atoms with E-state index < -0.39 is 23.5 Å². The number of hydrogen-bond donors (Lipinski definition) is 2. The highest BCUT2D eigenvalue weighted by Crippen LogP contribution is 2.32. The highest BCUT2D eigenvalue weighted by molar-refractivity contribution is 5.90. The monoisotopic (exact) mass is 446 g/mol. The van der Waals surface area contributed by atoms with E-state index in [4.69, 9.17) is 5.73 Å². The van der Waals surface area contributed by atoms with Crippen molar-refractivity contribution in [1.82, 2.24) is 9.80 Å². The first-order valence-corrected chi connectivity index (χ1v) is 10.5. The molecule has 0 unspecified atom stereocenters. The molecule has 2 saturated heterocycles. The van der Waals surface area contributed by atoms with Crippen LogP contribution in [0.5, 0.6) is 0 Å². The van der Waals surface area contributed by atoms with E-state index in [1.54, 1.807) is 9.80 Å². The zero-order chi connectivity index (χ0) is 23.0. The number of rotatable bonds is 5. The number of hydrogen-bond acceptors (Lipinski definition) is 3. The zero-order valence-electron chi connectivity index (χ0n) is 17.7. The fourth-order valence-electron chi connectivity index (χ4n) is 4.47. The topological polar surface area (TPSA) is 78.7 Å². The van der Waals surface area contributed by atoms with Gasteiger partial charge in [0, 0.05) is 37.3 Å². The lowest BCUT2D eigenvalue weighted by molar-refractivity contribution is -0.133. The summed E-state index contributed by atoms with van der Waals surface area (Å²) in [5.41, 5.74) is 7.75. The lowest BCUT2D eigenvalue weighted by Crippen LogP contribution is -2.52. The number of likely N-dealkylation sites (tertiary alicyclic amines) is 2. The number of fused-ring (bicyclic) bond motifs is 2. The van der Waals surface area contributed by atoms with Gasteiger partial charge in [0.05, 0.1) is 12.1 Å². The molecule has 2 aliphatic heterocycles. The molecule has 0 radical (unpaired) electrons. The van der Waals surface area contributed by atoms with Crippen LogP contribution >= 0.6 is 0 Å². The quantitative estimate of drug-likeness (QED) is 0.693. The Balaban J connectivity index is 1.30. The molecule has 2 aromatic rings. The number of urea groups is 1. The standard InChI is InChI=1S/C23H25F3N4O2/c1-13-2-4-16(5-3-13)28-23(32)30-12-17-9-18(30)11-29(17)22(31)8-15(27)6-14-7-20(25)21(26)10-19(14)24/h2-5,7,10,15,17-18H,6,8-9,11-12,27H2,1H3,(H,28,32)/t15-,17+,18+/m1/s1. The summed E-state index contributed by atoms with van der Waals surface area (Å²) in [6.07, 6.45) is 0.569. The van der Waals surface area contributed by atoms with Crippen LogP contribution in [0.1, 0.15) is 24.0 Å². The number of nitrogens with zero attached hydrogens (tertiary/aromatic N) is 2. The van der Waals surface area contributed by atoms with Gasteiger partial charge in [-0.3, -0.25) is 4.79 Å². The molecular formula is C23H25F3N4O2. The Hall–Kier alpha value is -3.07. The Morgan fingerprint density at radius 3 is 2.31 bits per heavy atom. The van der Waals surface area contributed by atoms with E-state index in [0.29, 0.717) is 31.3 Å². The lowest BCUT2D eigenvalue weighted by atomic mass is 10.0. The third-order valence-corrected chi connectivity index (χ3v) is 6.13. The Labute approximate surface area is 184 Å². The van der Waals surface area contributed by atoms with E-state index in [0.717, 1.165) is 11.6 Å². The SMILES string of the molecule is Cc1ccc(NC(=O)N2C[C@@H]3C[C@H]2CN3C(=O)C[C@H](N)Cc2cc(F)c(F)cc2F)cc1. The molecule has 0 saturated carbocycles. The van der Waals surface area contributed by atoms with E-state index >= 15 is 0 Å². The van der Waals surface area contributed by atoms with Gasteiger partial charge < -0.3 is 20.9 Å². The number of halogens is 3. The second-order valence-electron chi connectivity index (χ2n) is 8.56. The molecule has 2 aliphatic rings. The number of nitrogens with two attached hydrogens (primary N) is 1. The van der Waals surface area contributed by atoms with Gasteiger partial charge in [-0.25, -0.2) is 18.0 Å². The molecule has 0 aliphatic carbocycles. The number of aryl methyl sites for hydroxylation is 1. The van der Waals surface area contributed by atoms with Crippen LogP contribution in [0.2, 0.25) is 0 Å². The van der Waals surface area contributed by atoms with E-state index in [2.05, 4.69) is 5.32 Å². The van der Waals surface area contributed by atoms with Crippen molar-refractivity contribution in [2.24, 2.45) is 5.73 Å². The molecule has 2 aromatic carbocycles. The van der Waals surface area contributed by atoms with Crippen molar-refractivity contribution in [2.75, 3.05) is 18.4 Å². The van der Waals surface area contributed by atoms with E-state index in [-0.39, 0.29) is 42.4 Å². The number of carbonyl (C=O) groups excluding carboxylic acids is 2. The molecule has 3 N–H and O–H groups in total. The fourth-order valence-corrected chi connectivity index (χ4v) is 4.47. The van der Waals surface area contributed by atoms with Crippen molar-refractivity contribution in [3.8, 4) is 0 Å². The van der Waals surface area contributed by atoms with Gasteiger partial charge in [-0.05, 0) is 43.5 Å². The maximum absolute atomic E-state index is 13.8. The van der Waals surface area contributed by atoms with Crippen LogP contribution in [0.3, 0.4) is 0 Å². The average molecular weight is 446 g/mol. The maximum atomic E-state index is 13.8. The molecule has 2 heterocycles. The minimum Gasteiger partial charge on any atom is -0.336 e. The Kier molecular flexibility index (Phi) is 6.10. The third-order valence-electron chi connectivity index (χ3n) is 6.13. The molecule has 2 bridgehead atoms. The number of carbonyl (C=O) groups is 2. The second kappa shape index (κ2) is 8.82. The predicted octanol–water partition coefficient (Wildman–Crippen LogP) is 3.19. The molecule has 6 nitrogen and oxygen atoms in total. The molecular weight excluding hydrogens is 421 g/mol. The normalized spacial score (nSPS) is 20.5. The second-order valence-corrected chi connectivity index (χ2v) is 8.56. The van der Waals surface area contributed by atoms with Gasteiger partial charge in [-0.2, -0.15) is 0 Å². The van der Waals surface area contributed by atoms with Crippen LogP contribution in [0.25, 0.3) is 0 Å². The summed E-state index contributed by atoms with van der Waals surface area (Å²) in [6, 6.07) is 7.68. The van der Waals surface area contributed by atoms with Gasteiger partial charge in [0.15, 0.2) is 11.6 Å². The first-order valence-electron chi connectivity index (χ1n) is 10.5. The van der Waals surface area contributed by atoms with Crippen LogP contribution in [0.15, 0.2) is 36.4 Å².